The minimum atomic E-state index is -3.63. The van der Waals surface area contributed by atoms with Gasteiger partial charge in [0.1, 0.15) is 0 Å². The van der Waals surface area contributed by atoms with E-state index in [1.165, 1.54) is 0 Å². The van der Waals surface area contributed by atoms with E-state index in [0.29, 0.717) is 0 Å². The van der Waals surface area contributed by atoms with Crippen molar-refractivity contribution in [1.82, 2.24) is 0 Å². The molecule has 0 aliphatic rings. The molecule has 26 heteroatoms. The van der Waals surface area contributed by atoms with Crippen molar-refractivity contribution in [3.63, 3.8) is 0 Å². The summed E-state index contributed by atoms with van der Waals surface area (Å²) >= 11 is 0. The van der Waals surface area contributed by atoms with E-state index in [-0.39, 0.29) is 106 Å². The van der Waals surface area contributed by atoms with Crippen LogP contribution in [0.1, 0.15) is 0 Å². The average molecular weight is 631 g/mol. The Kier molecular flexibility index (Phi) is 173. The van der Waals surface area contributed by atoms with Gasteiger partial charge in [-0.15, -0.1) is 0 Å². The molecule has 0 heterocycles. The molecule has 0 unspecified atom stereocenters. The predicted octanol–water partition coefficient (Wildman–Crippen LogP) is -20.4. The molecule has 0 amide bonds. The standard InChI is InChI=1S/2Cu.2Li.2Mn.5O3Si/c;;;;;;5*1-4(2)3/q2*+2;2*+1;2*+2;5*-2. The molecule has 0 bridgehead atoms. The van der Waals surface area contributed by atoms with E-state index >= 15 is 0 Å². The van der Waals surface area contributed by atoms with Crippen LogP contribution in [0.15, 0.2) is 0 Å². The molecule has 15 nitrogen and oxygen atoms in total. The van der Waals surface area contributed by atoms with Crippen LogP contribution in [0.5, 0.6) is 0 Å². The first-order chi connectivity index (χ1) is 8.66. The summed E-state index contributed by atoms with van der Waals surface area (Å²) in [5, 5.41) is 0. The van der Waals surface area contributed by atoms with Gasteiger partial charge in [0.25, 0.3) is 0 Å². The first-order valence-electron chi connectivity index (χ1n) is 3.06. The van der Waals surface area contributed by atoms with Crippen LogP contribution in [0, 0.1) is 0 Å². The van der Waals surface area contributed by atoms with E-state index in [1.54, 1.807) is 0 Å². The van der Waals surface area contributed by atoms with Gasteiger partial charge < -0.3 is 70.3 Å². The van der Waals surface area contributed by atoms with Gasteiger partial charge in [0.05, 0.1) is 0 Å². The quantitative estimate of drug-likeness (QED) is 0.224. The molecular weight excluding hydrogens is 631 g/mol. The third-order valence-corrected chi connectivity index (χ3v) is 0. The minimum Gasteiger partial charge on any atom is -0.672 e. The van der Waals surface area contributed by atoms with Gasteiger partial charge in [-0.3, -0.25) is 0 Å². The molecule has 0 aromatic heterocycles. The third kappa shape index (κ3) is 8170. The van der Waals surface area contributed by atoms with Crippen molar-refractivity contribution >= 4 is 45.9 Å². The Hall–Kier alpha value is 1.36. The molecule has 0 aliphatic carbocycles. The van der Waals surface area contributed by atoms with Gasteiger partial charge in [0.15, 0.2) is 0 Å². The molecule has 0 saturated heterocycles. The molecule has 0 atom stereocenters. The van der Waals surface area contributed by atoms with Crippen LogP contribution in [0.25, 0.3) is 0 Å². The first kappa shape index (κ1) is 71.0. The van der Waals surface area contributed by atoms with Crippen LogP contribution >= 0.6 is 0 Å². The maximum absolute atomic E-state index is 8.52. The second-order valence-corrected chi connectivity index (χ2v) is 3.75. The maximum Gasteiger partial charge on any atom is 2.00 e. The van der Waals surface area contributed by atoms with Crippen LogP contribution in [-0.2, 0) is 90.6 Å². The zero-order valence-electron chi connectivity index (χ0n) is 12.0. The molecule has 0 aliphatic heterocycles. The molecule has 148 valence electrons. The van der Waals surface area contributed by atoms with Gasteiger partial charge in [-0.1, -0.05) is 0 Å². The van der Waals surface area contributed by atoms with Crippen molar-refractivity contribution in [3.8, 4) is 0 Å². The van der Waals surface area contributed by atoms with Crippen LogP contribution in [0.3, 0.4) is 0 Å². The topological polar surface area (TPSA) is 316 Å². The summed E-state index contributed by atoms with van der Waals surface area (Å²) in [7, 11) is -18.1. The SMILES string of the molecule is O=[Si]([O-])[O-].O=[Si]([O-])[O-].O=[Si]([O-])[O-].O=[Si]([O-])[O-].O=[Si]([O-])[O-].[Cu+2].[Cu+2].[Li+].[Li+].[Mn+2].[Mn+2]. The summed E-state index contributed by atoms with van der Waals surface area (Å²) in [5.41, 5.74) is 0. The largest absolute Gasteiger partial charge is 2.00 e. The molecule has 0 spiro atoms. The van der Waals surface area contributed by atoms with E-state index in [4.69, 9.17) is 70.3 Å². The predicted molar refractivity (Wildman–Crippen MR) is 32.2 cm³/mol. The Morgan fingerprint density at radius 2 is 0.346 bits per heavy atom. The zero-order valence-corrected chi connectivity index (χ0v) is 21.2. The van der Waals surface area contributed by atoms with E-state index in [2.05, 4.69) is 0 Å². The second-order valence-electron chi connectivity index (χ2n) is 1.25. The molecular formula is Cu2Li2Mn2O15Si5. The van der Waals surface area contributed by atoms with E-state index in [9.17, 15) is 0 Å². The first-order valence-corrected chi connectivity index (χ1v) is 9.19. The Bertz CT molecular complexity index is 231. The van der Waals surface area contributed by atoms with Gasteiger partial charge in [-0.05, 0) is 0 Å². The van der Waals surface area contributed by atoms with Gasteiger partial charge in [-0.25, -0.2) is 0 Å². The Morgan fingerprint density at radius 3 is 0.346 bits per heavy atom. The molecule has 4 radical (unpaired) electrons. The summed E-state index contributed by atoms with van der Waals surface area (Å²) in [6.07, 6.45) is 0. The van der Waals surface area contributed by atoms with Gasteiger partial charge >= 0.3 is 106 Å². The smallest absolute Gasteiger partial charge is 0.672 e. The third-order valence-electron chi connectivity index (χ3n) is 0. The van der Waals surface area contributed by atoms with E-state index < -0.39 is 45.9 Å². The Labute approximate surface area is 220 Å². The minimum absolute atomic E-state index is 0. The van der Waals surface area contributed by atoms with Crippen molar-refractivity contribution in [1.29, 1.82) is 0 Å². The maximum atomic E-state index is 8.52. The fourth-order valence-electron chi connectivity index (χ4n) is 0. The molecule has 26 heavy (non-hydrogen) atoms. The van der Waals surface area contributed by atoms with Crippen LogP contribution in [0.4, 0.5) is 0 Å². The Balaban J connectivity index is -0.0000000114. The van der Waals surface area contributed by atoms with Crippen molar-refractivity contribution in [2.24, 2.45) is 0 Å². The summed E-state index contributed by atoms with van der Waals surface area (Å²) in [6.45, 7) is 0. The summed E-state index contributed by atoms with van der Waals surface area (Å²) in [6, 6.07) is 0. The molecule has 0 fully saturated rings. The van der Waals surface area contributed by atoms with Crippen molar-refractivity contribution < 1.29 is 176 Å². The summed E-state index contributed by atoms with van der Waals surface area (Å²) in [4.78, 5) is 85.2. The molecule has 0 N–H and O–H groups in total. The van der Waals surface area contributed by atoms with Crippen LogP contribution in [0.2, 0.25) is 0 Å². The second kappa shape index (κ2) is 63.3. The van der Waals surface area contributed by atoms with E-state index in [1.807, 2.05) is 0 Å². The van der Waals surface area contributed by atoms with Crippen molar-refractivity contribution in [2.45, 2.75) is 0 Å². The van der Waals surface area contributed by atoms with Crippen LogP contribution in [-0.4, -0.2) is 45.9 Å². The molecule has 0 aromatic rings. The zero-order chi connectivity index (χ0) is 17.9. The number of hydrogen-bond donors (Lipinski definition) is 0. The Morgan fingerprint density at radius 1 is 0.346 bits per heavy atom. The molecule has 0 rings (SSSR count). The molecule has 0 saturated carbocycles. The normalized spacial score (nSPS) is 4.62. The van der Waals surface area contributed by atoms with Crippen molar-refractivity contribution in [3.05, 3.63) is 0 Å². The fourth-order valence-corrected chi connectivity index (χ4v) is 0. The summed E-state index contributed by atoms with van der Waals surface area (Å²) < 4.78 is 42.6. The van der Waals surface area contributed by atoms with Gasteiger partial charge in [0.2, 0.25) is 0 Å². The molecule has 0 aromatic carbocycles. The van der Waals surface area contributed by atoms with E-state index in [0.717, 1.165) is 0 Å². The van der Waals surface area contributed by atoms with Gasteiger partial charge in [-0.2, -0.15) is 0 Å². The monoisotopic (exact) mass is 630 g/mol. The fraction of sp³-hybridized carbons (Fsp3) is 0. The van der Waals surface area contributed by atoms with Gasteiger partial charge in [0, 0.05) is 45.9 Å². The van der Waals surface area contributed by atoms with Crippen molar-refractivity contribution in [2.75, 3.05) is 0 Å². The van der Waals surface area contributed by atoms with Crippen LogP contribution < -0.4 is 85.7 Å². The average Bonchev–Trinajstić information content (AvgIpc) is 1.94. The number of hydrogen-bond acceptors (Lipinski definition) is 15. The summed E-state index contributed by atoms with van der Waals surface area (Å²) in [5.74, 6) is 0. The number of rotatable bonds is 0.